The minimum absolute atomic E-state index is 0.113. The average molecular weight is 294 g/mol. The first-order valence-corrected chi connectivity index (χ1v) is 7.11. The molecule has 5 nitrogen and oxygen atoms in total. The minimum Gasteiger partial charge on any atom is -0.389 e. The van der Waals surface area contributed by atoms with Crippen LogP contribution in [0.5, 0.6) is 0 Å². The Bertz CT molecular complexity index is 429. The van der Waals surface area contributed by atoms with Crippen molar-refractivity contribution in [3.8, 4) is 0 Å². The van der Waals surface area contributed by atoms with E-state index in [0.29, 0.717) is 0 Å². The van der Waals surface area contributed by atoms with Crippen molar-refractivity contribution in [2.75, 3.05) is 20.3 Å². The van der Waals surface area contributed by atoms with Crippen LogP contribution in [0.15, 0.2) is 30.3 Å². The molecular weight excluding hydrogens is 268 g/mol. The molecule has 0 bridgehead atoms. The number of amides is 2. The Morgan fingerprint density at radius 2 is 1.90 bits per heavy atom. The fourth-order valence-corrected chi connectivity index (χ4v) is 2.09. The van der Waals surface area contributed by atoms with Gasteiger partial charge in [0.05, 0.1) is 18.8 Å². The summed E-state index contributed by atoms with van der Waals surface area (Å²) in [5.74, 6) is 0. The van der Waals surface area contributed by atoms with Crippen LogP contribution in [0.1, 0.15) is 32.4 Å². The van der Waals surface area contributed by atoms with Crippen LogP contribution in [-0.2, 0) is 4.74 Å². The molecule has 0 aliphatic heterocycles. The molecule has 0 aliphatic carbocycles. The molecule has 2 unspecified atom stereocenters. The summed E-state index contributed by atoms with van der Waals surface area (Å²) in [6.45, 7) is 6.58. The molecule has 0 saturated heterocycles. The number of ether oxygens (including phenoxy) is 1. The minimum atomic E-state index is -0.703. The van der Waals surface area contributed by atoms with Gasteiger partial charge >= 0.3 is 6.03 Å². The van der Waals surface area contributed by atoms with Gasteiger partial charge in [-0.2, -0.15) is 0 Å². The van der Waals surface area contributed by atoms with Crippen LogP contribution in [0, 0.1) is 5.41 Å². The summed E-state index contributed by atoms with van der Waals surface area (Å²) < 4.78 is 4.82. The summed E-state index contributed by atoms with van der Waals surface area (Å²) in [7, 11) is 1.51. The molecule has 0 heterocycles. The van der Waals surface area contributed by atoms with Gasteiger partial charge in [-0.05, 0) is 11.0 Å². The predicted octanol–water partition coefficient (Wildman–Crippen LogP) is 2.08. The highest BCUT2D eigenvalue weighted by atomic mass is 16.5. The van der Waals surface area contributed by atoms with Gasteiger partial charge in [-0.1, -0.05) is 51.1 Å². The van der Waals surface area contributed by atoms with E-state index in [1.54, 1.807) is 0 Å². The summed E-state index contributed by atoms with van der Waals surface area (Å²) >= 11 is 0. The van der Waals surface area contributed by atoms with Crippen molar-refractivity contribution in [3.63, 3.8) is 0 Å². The molecular formula is C16H26N2O3. The first kappa shape index (κ1) is 17.5. The molecule has 2 atom stereocenters. The van der Waals surface area contributed by atoms with Crippen LogP contribution in [0.4, 0.5) is 4.79 Å². The lowest BCUT2D eigenvalue weighted by Gasteiger charge is -2.32. The van der Waals surface area contributed by atoms with Gasteiger partial charge in [-0.15, -0.1) is 0 Å². The van der Waals surface area contributed by atoms with E-state index in [1.807, 2.05) is 30.3 Å². The van der Waals surface area contributed by atoms with Gasteiger partial charge in [-0.25, -0.2) is 4.79 Å². The second kappa shape index (κ2) is 8.00. The molecule has 1 rings (SSSR count). The smallest absolute Gasteiger partial charge is 0.315 e. The molecule has 2 amide bonds. The van der Waals surface area contributed by atoms with Gasteiger partial charge in [0.2, 0.25) is 0 Å². The molecule has 3 N–H and O–H groups in total. The highest BCUT2D eigenvalue weighted by Crippen LogP contribution is 2.32. The Morgan fingerprint density at radius 3 is 2.43 bits per heavy atom. The number of urea groups is 1. The lowest BCUT2D eigenvalue weighted by Crippen LogP contribution is -2.45. The van der Waals surface area contributed by atoms with Crippen molar-refractivity contribution in [2.45, 2.75) is 32.9 Å². The molecule has 0 aromatic heterocycles. The van der Waals surface area contributed by atoms with E-state index in [9.17, 15) is 9.90 Å². The number of benzene rings is 1. The highest BCUT2D eigenvalue weighted by Gasteiger charge is 2.27. The molecule has 1 aromatic rings. The van der Waals surface area contributed by atoms with Crippen LogP contribution < -0.4 is 10.6 Å². The van der Waals surface area contributed by atoms with Gasteiger partial charge in [0, 0.05) is 13.7 Å². The lowest BCUT2D eigenvalue weighted by molar-refractivity contribution is 0.0657. The van der Waals surface area contributed by atoms with Crippen molar-refractivity contribution in [3.05, 3.63) is 35.9 Å². The third-order valence-corrected chi connectivity index (χ3v) is 3.13. The van der Waals surface area contributed by atoms with Crippen LogP contribution in [0.25, 0.3) is 0 Å². The summed E-state index contributed by atoms with van der Waals surface area (Å²) in [6.07, 6.45) is -0.703. The Morgan fingerprint density at radius 1 is 1.29 bits per heavy atom. The van der Waals surface area contributed by atoms with Gasteiger partial charge < -0.3 is 20.5 Å². The first-order valence-electron chi connectivity index (χ1n) is 7.11. The zero-order chi connectivity index (χ0) is 15.9. The van der Waals surface area contributed by atoms with E-state index >= 15 is 0 Å². The van der Waals surface area contributed by atoms with E-state index in [-0.39, 0.29) is 30.6 Å². The Balaban J connectivity index is 2.64. The van der Waals surface area contributed by atoms with E-state index in [1.165, 1.54) is 7.11 Å². The van der Waals surface area contributed by atoms with Crippen molar-refractivity contribution in [1.82, 2.24) is 10.6 Å². The highest BCUT2D eigenvalue weighted by molar-refractivity contribution is 5.74. The molecule has 0 aliphatic rings. The van der Waals surface area contributed by atoms with Crippen LogP contribution in [0.3, 0.4) is 0 Å². The summed E-state index contributed by atoms with van der Waals surface area (Å²) in [4.78, 5) is 12.0. The molecule has 0 spiro atoms. The molecule has 5 heteroatoms. The van der Waals surface area contributed by atoms with E-state index in [0.717, 1.165) is 5.56 Å². The maximum atomic E-state index is 12.0. The fourth-order valence-electron chi connectivity index (χ4n) is 2.09. The maximum Gasteiger partial charge on any atom is 0.315 e. The van der Waals surface area contributed by atoms with Crippen molar-refractivity contribution in [2.24, 2.45) is 5.41 Å². The second-order valence-electron chi connectivity index (χ2n) is 6.17. The van der Waals surface area contributed by atoms with Gasteiger partial charge in [0.15, 0.2) is 0 Å². The summed E-state index contributed by atoms with van der Waals surface area (Å²) in [5.41, 5.74) is 0.932. The van der Waals surface area contributed by atoms with Gasteiger partial charge in [-0.3, -0.25) is 0 Å². The Kier molecular flexibility index (Phi) is 6.65. The number of carbonyl (C=O) groups is 1. The predicted molar refractivity (Wildman–Crippen MR) is 83.1 cm³/mol. The van der Waals surface area contributed by atoms with E-state index in [4.69, 9.17) is 4.74 Å². The monoisotopic (exact) mass is 294 g/mol. The number of hydrogen-bond acceptors (Lipinski definition) is 3. The number of aliphatic hydroxyl groups is 1. The lowest BCUT2D eigenvalue weighted by atomic mass is 9.82. The summed E-state index contributed by atoms with van der Waals surface area (Å²) in [6, 6.07) is 9.44. The normalized spacial score (nSPS) is 14.3. The number of rotatable bonds is 6. The summed E-state index contributed by atoms with van der Waals surface area (Å²) in [5, 5.41) is 15.2. The third kappa shape index (κ3) is 6.14. The fraction of sp³-hybridized carbons (Fsp3) is 0.562. The maximum absolute atomic E-state index is 12.0. The van der Waals surface area contributed by atoms with Crippen LogP contribution in [0.2, 0.25) is 0 Å². The number of methoxy groups -OCH3 is 1. The average Bonchev–Trinajstić information content (AvgIpc) is 2.42. The standard InChI is InChI=1S/C16H26N2O3/c1-16(2,3)14(12-8-6-5-7-9-12)18-15(20)17-10-13(19)11-21-4/h5-9,13-14,19H,10-11H2,1-4H3,(H2,17,18,20). The van der Waals surface area contributed by atoms with E-state index in [2.05, 4.69) is 31.4 Å². The SMILES string of the molecule is COCC(O)CNC(=O)NC(c1ccccc1)C(C)(C)C. The first-order chi connectivity index (χ1) is 9.84. The Hall–Kier alpha value is -1.59. The van der Waals surface area contributed by atoms with Crippen LogP contribution >= 0.6 is 0 Å². The second-order valence-corrected chi connectivity index (χ2v) is 6.17. The zero-order valence-corrected chi connectivity index (χ0v) is 13.2. The molecule has 0 radical (unpaired) electrons. The molecule has 0 fully saturated rings. The van der Waals surface area contributed by atoms with Crippen molar-refractivity contribution in [1.29, 1.82) is 0 Å². The molecule has 21 heavy (non-hydrogen) atoms. The van der Waals surface area contributed by atoms with Crippen molar-refractivity contribution < 1.29 is 14.6 Å². The largest absolute Gasteiger partial charge is 0.389 e. The molecule has 0 saturated carbocycles. The number of carbonyl (C=O) groups excluding carboxylic acids is 1. The van der Waals surface area contributed by atoms with Crippen molar-refractivity contribution >= 4 is 6.03 Å². The third-order valence-electron chi connectivity index (χ3n) is 3.13. The number of aliphatic hydroxyl groups excluding tert-OH is 1. The Labute approximate surface area is 126 Å². The molecule has 118 valence electrons. The van der Waals surface area contributed by atoms with Crippen LogP contribution in [-0.4, -0.2) is 37.5 Å². The topological polar surface area (TPSA) is 70.6 Å². The number of nitrogens with one attached hydrogen (secondary N) is 2. The quantitative estimate of drug-likeness (QED) is 0.752. The van der Waals surface area contributed by atoms with Gasteiger partial charge in [0.25, 0.3) is 0 Å². The molecule has 1 aromatic carbocycles. The van der Waals surface area contributed by atoms with Gasteiger partial charge in [0.1, 0.15) is 0 Å². The van der Waals surface area contributed by atoms with E-state index < -0.39 is 6.10 Å². The number of hydrogen-bond donors (Lipinski definition) is 3. The zero-order valence-electron chi connectivity index (χ0n) is 13.2.